The fourth-order valence-corrected chi connectivity index (χ4v) is 2.61. The zero-order chi connectivity index (χ0) is 19.7. The molecule has 5 nitrogen and oxygen atoms in total. The predicted molar refractivity (Wildman–Crippen MR) is 108 cm³/mol. The molecule has 0 fully saturated rings. The minimum Gasteiger partial charge on any atom is -0.399 e. The minimum atomic E-state index is -3.58. The molecule has 0 aliphatic rings. The smallest absolute Gasteiger partial charge is 0.238 e. The second-order valence-corrected chi connectivity index (χ2v) is 7.15. The van der Waals surface area contributed by atoms with Crippen molar-refractivity contribution >= 4 is 27.6 Å². The molecule has 0 heterocycles. The van der Waals surface area contributed by atoms with E-state index < -0.39 is 10.0 Å². The number of benzene rings is 3. The summed E-state index contributed by atoms with van der Waals surface area (Å²) in [5.74, 6) is 0.0319. The van der Waals surface area contributed by atoms with E-state index in [2.05, 4.69) is 0 Å². The Balaban J connectivity index is 0.000000208. The number of nitrogen functional groups attached to an aromatic ring is 1. The van der Waals surface area contributed by atoms with Crippen LogP contribution in [0.2, 0.25) is 0 Å². The highest BCUT2D eigenvalue weighted by atomic mass is 32.2. The van der Waals surface area contributed by atoms with E-state index in [-0.39, 0.29) is 10.7 Å². The lowest BCUT2D eigenvalue weighted by molar-refractivity contribution is 0.104. The van der Waals surface area contributed by atoms with E-state index in [9.17, 15) is 13.2 Å². The molecule has 0 aliphatic heterocycles. The lowest BCUT2D eigenvalue weighted by atomic mass is 10.1. The van der Waals surface area contributed by atoms with Crippen LogP contribution in [-0.4, -0.2) is 14.2 Å². The maximum absolute atomic E-state index is 11.7. The molecule has 0 amide bonds. The highest BCUT2D eigenvalue weighted by molar-refractivity contribution is 7.89. The van der Waals surface area contributed by atoms with E-state index in [1.54, 1.807) is 6.08 Å². The molecule has 0 saturated carbocycles. The Morgan fingerprint density at radius 2 is 1.30 bits per heavy atom. The Morgan fingerprint density at radius 1 is 0.778 bits per heavy atom. The maximum atomic E-state index is 11.7. The van der Waals surface area contributed by atoms with Crippen LogP contribution in [0.5, 0.6) is 0 Å². The highest BCUT2D eigenvalue weighted by Crippen LogP contribution is 2.09. The first-order valence-electron chi connectivity index (χ1n) is 8.07. The Labute approximate surface area is 159 Å². The fourth-order valence-electron chi connectivity index (χ4n) is 2.09. The quantitative estimate of drug-likeness (QED) is 0.411. The first-order chi connectivity index (χ1) is 12.9. The Hall–Kier alpha value is -3.22. The highest BCUT2D eigenvalue weighted by Gasteiger charge is 2.05. The van der Waals surface area contributed by atoms with E-state index in [1.807, 2.05) is 66.7 Å². The number of carbonyl (C=O) groups excluding carboxylic acids is 1. The van der Waals surface area contributed by atoms with Crippen LogP contribution < -0.4 is 10.9 Å². The lowest BCUT2D eigenvalue weighted by Gasteiger charge is -1.96. The number of sulfonamides is 1. The SMILES string of the molecule is Nc1ccc(S(N)(=O)=O)cc1.O=C(C=Cc1ccccc1)c1ccccc1. The summed E-state index contributed by atoms with van der Waals surface area (Å²) in [4.78, 5) is 11.8. The summed E-state index contributed by atoms with van der Waals surface area (Å²) in [6.45, 7) is 0. The summed E-state index contributed by atoms with van der Waals surface area (Å²) < 4.78 is 21.4. The van der Waals surface area contributed by atoms with Crippen molar-refractivity contribution in [3.63, 3.8) is 0 Å². The number of allylic oxidation sites excluding steroid dienone is 1. The van der Waals surface area contributed by atoms with Crippen molar-refractivity contribution in [3.05, 3.63) is 102 Å². The molecule has 3 aromatic rings. The zero-order valence-corrected chi connectivity index (χ0v) is 15.3. The van der Waals surface area contributed by atoms with Crippen molar-refractivity contribution in [2.75, 3.05) is 5.73 Å². The summed E-state index contributed by atoms with van der Waals surface area (Å²) in [7, 11) is -3.58. The second kappa shape index (κ2) is 9.47. The molecule has 27 heavy (non-hydrogen) atoms. The summed E-state index contributed by atoms with van der Waals surface area (Å²) >= 11 is 0. The molecule has 0 aromatic heterocycles. The predicted octanol–water partition coefficient (Wildman–Crippen LogP) is 3.50. The van der Waals surface area contributed by atoms with Gasteiger partial charge in [0, 0.05) is 11.3 Å². The average molecular weight is 380 g/mol. The Morgan fingerprint density at radius 3 is 1.81 bits per heavy atom. The fraction of sp³-hybridized carbons (Fsp3) is 0. The molecule has 0 spiro atoms. The number of nitrogens with two attached hydrogens (primary N) is 2. The molecule has 0 aliphatic carbocycles. The molecule has 0 bridgehead atoms. The van der Waals surface area contributed by atoms with Gasteiger partial charge in [-0.3, -0.25) is 4.79 Å². The van der Waals surface area contributed by atoms with Gasteiger partial charge in [0.2, 0.25) is 10.0 Å². The zero-order valence-electron chi connectivity index (χ0n) is 14.5. The Kier molecular flexibility index (Phi) is 7.05. The second-order valence-electron chi connectivity index (χ2n) is 5.59. The van der Waals surface area contributed by atoms with Crippen molar-refractivity contribution < 1.29 is 13.2 Å². The maximum Gasteiger partial charge on any atom is 0.238 e. The topological polar surface area (TPSA) is 103 Å². The Bertz CT molecular complexity index is 998. The number of carbonyl (C=O) groups is 1. The summed E-state index contributed by atoms with van der Waals surface area (Å²) in [6, 6.07) is 24.8. The average Bonchev–Trinajstić information content (AvgIpc) is 2.68. The van der Waals surface area contributed by atoms with Crippen molar-refractivity contribution in [1.82, 2.24) is 0 Å². The number of ketones is 1. The third-order valence-corrected chi connectivity index (χ3v) is 4.42. The van der Waals surface area contributed by atoms with Crippen LogP contribution in [0.15, 0.2) is 95.9 Å². The van der Waals surface area contributed by atoms with Gasteiger partial charge in [-0.2, -0.15) is 0 Å². The molecule has 0 unspecified atom stereocenters. The number of rotatable bonds is 4. The third kappa shape index (κ3) is 6.89. The van der Waals surface area contributed by atoms with Gasteiger partial charge in [0.1, 0.15) is 0 Å². The van der Waals surface area contributed by atoms with Gasteiger partial charge in [-0.15, -0.1) is 0 Å². The van der Waals surface area contributed by atoms with E-state index in [0.29, 0.717) is 5.69 Å². The van der Waals surface area contributed by atoms with Gasteiger partial charge in [-0.05, 0) is 35.9 Å². The van der Waals surface area contributed by atoms with Crippen molar-refractivity contribution in [3.8, 4) is 0 Å². The van der Waals surface area contributed by atoms with E-state index in [0.717, 1.165) is 11.1 Å². The van der Waals surface area contributed by atoms with Gasteiger partial charge in [0.05, 0.1) is 4.90 Å². The van der Waals surface area contributed by atoms with Gasteiger partial charge in [-0.1, -0.05) is 66.7 Å². The van der Waals surface area contributed by atoms with Crippen LogP contribution >= 0.6 is 0 Å². The first kappa shape index (κ1) is 20.1. The van der Waals surface area contributed by atoms with Gasteiger partial charge in [0.25, 0.3) is 0 Å². The minimum absolute atomic E-state index is 0.0319. The molecule has 0 atom stereocenters. The van der Waals surface area contributed by atoms with Gasteiger partial charge in [-0.25, -0.2) is 13.6 Å². The van der Waals surface area contributed by atoms with Crippen LogP contribution in [-0.2, 0) is 10.0 Å². The van der Waals surface area contributed by atoms with E-state index >= 15 is 0 Å². The van der Waals surface area contributed by atoms with Crippen LogP contribution in [0.3, 0.4) is 0 Å². The molecule has 3 aromatic carbocycles. The normalized spacial score (nSPS) is 10.9. The molecule has 0 saturated heterocycles. The number of primary sulfonamides is 1. The standard InChI is InChI=1S/C15H12O.C6H8N2O2S/c16-15(14-9-5-2-6-10-14)12-11-13-7-3-1-4-8-13;7-5-1-3-6(4-2-5)11(8,9)10/h1-12H;1-4H,7H2,(H2,8,9,10). The van der Waals surface area contributed by atoms with E-state index in [1.165, 1.54) is 24.3 Å². The first-order valence-corrected chi connectivity index (χ1v) is 9.62. The molecule has 6 heteroatoms. The van der Waals surface area contributed by atoms with Gasteiger partial charge < -0.3 is 5.73 Å². The summed E-state index contributed by atoms with van der Waals surface area (Å²) in [5.41, 5.74) is 7.60. The molecule has 4 N–H and O–H groups in total. The van der Waals surface area contributed by atoms with Gasteiger partial charge >= 0.3 is 0 Å². The number of hydrogen-bond acceptors (Lipinski definition) is 4. The van der Waals surface area contributed by atoms with E-state index in [4.69, 9.17) is 10.9 Å². The van der Waals surface area contributed by atoms with Gasteiger partial charge in [0.15, 0.2) is 5.78 Å². The number of anilines is 1. The molecule has 138 valence electrons. The molecule has 3 rings (SSSR count). The molecular weight excluding hydrogens is 360 g/mol. The van der Waals surface area contributed by atoms with Crippen LogP contribution in [0.1, 0.15) is 15.9 Å². The van der Waals surface area contributed by atoms with Crippen LogP contribution in [0, 0.1) is 0 Å². The third-order valence-electron chi connectivity index (χ3n) is 3.49. The molecule has 0 radical (unpaired) electrons. The summed E-state index contributed by atoms with van der Waals surface area (Å²) in [6.07, 6.45) is 3.43. The van der Waals surface area contributed by atoms with Crippen LogP contribution in [0.25, 0.3) is 6.08 Å². The number of hydrogen-bond donors (Lipinski definition) is 2. The van der Waals surface area contributed by atoms with Crippen molar-refractivity contribution in [2.45, 2.75) is 4.90 Å². The van der Waals surface area contributed by atoms with Crippen molar-refractivity contribution in [2.24, 2.45) is 5.14 Å². The monoisotopic (exact) mass is 380 g/mol. The lowest BCUT2D eigenvalue weighted by Crippen LogP contribution is -2.11. The summed E-state index contributed by atoms with van der Waals surface area (Å²) in [5, 5.41) is 4.84. The van der Waals surface area contributed by atoms with Crippen LogP contribution in [0.4, 0.5) is 5.69 Å². The largest absolute Gasteiger partial charge is 0.399 e. The van der Waals surface area contributed by atoms with Crippen molar-refractivity contribution in [1.29, 1.82) is 0 Å². The molecular formula is C21H20N2O3S.